The highest BCUT2D eigenvalue weighted by Crippen LogP contribution is 2.29. The predicted octanol–water partition coefficient (Wildman–Crippen LogP) is 4.78. The van der Waals surface area contributed by atoms with E-state index in [1.807, 2.05) is 30.3 Å². The summed E-state index contributed by atoms with van der Waals surface area (Å²) in [5, 5.41) is 16.3. The van der Waals surface area contributed by atoms with E-state index in [0.717, 1.165) is 5.69 Å². The SMILES string of the molecule is [O-]c1c(C(=S)Nc2ccccc2)sc(=S)n1-c1ccc(Cl)cc1. The Morgan fingerprint density at radius 3 is 2.39 bits per heavy atom. The van der Waals surface area contributed by atoms with Crippen LogP contribution in [0.15, 0.2) is 54.6 Å². The normalized spacial score (nSPS) is 10.5. The first-order valence-corrected chi connectivity index (χ1v) is 8.62. The average molecular weight is 378 g/mol. The minimum atomic E-state index is -0.226. The van der Waals surface area contributed by atoms with Crippen LogP contribution >= 0.6 is 47.4 Å². The quantitative estimate of drug-likeness (QED) is 0.666. The monoisotopic (exact) mass is 377 g/mol. The lowest BCUT2D eigenvalue weighted by molar-refractivity contribution is -0.277. The maximum Gasteiger partial charge on any atom is 0.165 e. The van der Waals surface area contributed by atoms with Gasteiger partial charge in [0.2, 0.25) is 0 Å². The molecule has 0 atom stereocenters. The molecule has 23 heavy (non-hydrogen) atoms. The third-order valence-corrected chi connectivity index (χ3v) is 5.15. The molecule has 3 aromatic rings. The van der Waals surface area contributed by atoms with E-state index in [0.29, 0.717) is 24.5 Å². The number of hydrogen-bond acceptors (Lipinski definition) is 4. The van der Waals surface area contributed by atoms with Crippen LogP contribution in [0.2, 0.25) is 5.02 Å². The summed E-state index contributed by atoms with van der Waals surface area (Å²) in [7, 11) is 0. The van der Waals surface area contributed by atoms with E-state index >= 15 is 0 Å². The molecular formula is C16H10ClN2OS3-. The second kappa shape index (κ2) is 6.80. The summed E-state index contributed by atoms with van der Waals surface area (Å²) in [5.41, 5.74) is 1.50. The van der Waals surface area contributed by atoms with Crippen LogP contribution in [-0.4, -0.2) is 9.56 Å². The molecule has 1 aromatic heterocycles. The Labute approximate surface area is 152 Å². The number of aromatic nitrogens is 1. The minimum absolute atomic E-state index is 0.226. The van der Waals surface area contributed by atoms with Gasteiger partial charge in [-0.2, -0.15) is 0 Å². The van der Waals surface area contributed by atoms with Crippen LogP contribution in [0.1, 0.15) is 4.88 Å². The second-order valence-electron chi connectivity index (χ2n) is 4.63. The van der Waals surface area contributed by atoms with Gasteiger partial charge in [-0.15, -0.1) is 11.3 Å². The van der Waals surface area contributed by atoms with Crippen molar-refractivity contribution in [2.75, 3.05) is 5.32 Å². The van der Waals surface area contributed by atoms with Gasteiger partial charge in [0.25, 0.3) is 0 Å². The summed E-state index contributed by atoms with van der Waals surface area (Å²) in [6, 6.07) is 16.4. The molecule has 0 aliphatic rings. The van der Waals surface area contributed by atoms with Gasteiger partial charge >= 0.3 is 0 Å². The number of para-hydroxylation sites is 1. The molecule has 0 aliphatic heterocycles. The lowest BCUT2D eigenvalue weighted by Gasteiger charge is -2.15. The standard InChI is InChI=1S/C16H11ClN2OS3/c17-10-6-8-12(9-7-10)19-15(20)13(23-16(19)22)14(21)18-11-4-2-1-3-5-11/h1-9,20H,(H,18,21)/p-1. The lowest BCUT2D eigenvalue weighted by atomic mass is 10.3. The van der Waals surface area contributed by atoms with E-state index in [2.05, 4.69) is 5.32 Å². The van der Waals surface area contributed by atoms with Gasteiger partial charge in [-0.25, -0.2) is 0 Å². The molecule has 2 aromatic carbocycles. The number of rotatable bonds is 3. The van der Waals surface area contributed by atoms with Crippen LogP contribution in [0.25, 0.3) is 5.69 Å². The highest BCUT2D eigenvalue weighted by Gasteiger charge is 2.11. The van der Waals surface area contributed by atoms with Crippen molar-refractivity contribution in [1.29, 1.82) is 0 Å². The zero-order valence-corrected chi connectivity index (χ0v) is 14.9. The van der Waals surface area contributed by atoms with E-state index in [-0.39, 0.29) is 5.88 Å². The van der Waals surface area contributed by atoms with Crippen LogP contribution in [0, 0.1) is 3.95 Å². The van der Waals surface area contributed by atoms with Crippen LogP contribution in [-0.2, 0) is 0 Å². The van der Waals surface area contributed by atoms with E-state index in [1.54, 1.807) is 24.3 Å². The van der Waals surface area contributed by atoms with Crippen molar-refractivity contribution >= 4 is 58.0 Å². The summed E-state index contributed by atoms with van der Waals surface area (Å²) in [6.07, 6.45) is 0. The van der Waals surface area contributed by atoms with Gasteiger partial charge in [0.15, 0.2) is 3.95 Å². The molecule has 1 heterocycles. The van der Waals surface area contributed by atoms with Gasteiger partial charge in [-0.3, -0.25) is 0 Å². The Balaban J connectivity index is 1.96. The zero-order chi connectivity index (χ0) is 16.4. The second-order valence-corrected chi connectivity index (χ2v) is 7.12. The zero-order valence-electron chi connectivity index (χ0n) is 11.7. The van der Waals surface area contributed by atoms with E-state index in [9.17, 15) is 5.11 Å². The van der Waals surface area contributed by atoms with Gasteiger partial charge in [0.05, 0.1) is 4.88 Å². The number of halogens is 1. The molecule has 116 valence electrons. The molecular weight excluding hydrogens is 368 g/mol. The van der Waals surface area contributed by atoms with Crippen molar-refractivity contribution in [1.82, 2.24) is 4.57 Å². The molecule has 1 N–H and O–H groups in total. The van der Waals surface area contributed by atoms with E-state index in [1.165, 1.54) is 15.9 Å². The first-order valence-electron chi connectivity index (χ1n) is 6.61. The van der Waals surface area contributed by atoms with E-state index in [4.69, 9.17) is 36.0 Å². The number of nitrogens with zero attached hydrogens (tertiary/aromatic N) is 1. The summed E-state index contributed by atoms with van der Waals surface area (Å²) in [6.45, 7) is 0. The third kappa shape index (κ3) is 3.45. The molecule has 0 spiro atoms. The van der Waals surface area contributed by atoms with Crippen LogP contribution < -0.4 is 10.4 Å². The van der Waals surface area contributed by atoms with Crippen molar-refractivity contribution in [3.63, 3.8) is 0 Å². The molecule has 0 saturated carbocycles. The number of nitrogens with one attached hydrogen (secondary N) is 1. The molecule has 0 unspecified atom stereocenters. The first kappa shape index (κ1) is 16.1. The number of thiocarbonyl (C=S) groups is 1. The molecule has 0 bridgehead atoms. The fourth-order valence-electron chi connectivity index (χ4n) is 2.03. The molecule has 0 fully saturated rings. The molecule has 0 aliphatic carbocycles. The molecule has 0 radical (unpaired) electrons. The fraction of sp³-hybridized carbons (Fsp3) is 0. The largest absolute Gasteiger partial charge is 0.859 e. The summed E-state index contributed by atoms with van der Waals surface area (Å²) in [4.78, 5) is 0.786. The Morgan fingerprint density at radius 2 is 1.74 bits per heavy atom. The van der Waals surface area contributed by atoms with Crippen LogP contribution in [0.3, 0.4) is 0 Å². The highest BCUT2D eigenvalue weighted by atomic mass is 35.5. The Morgan fingerprint density at radius 1 is 1.09 bits per heavy atom. The van der Waals surface area contributed by atoms with Crippen molar-refractivity contribution in [2.24, 2.45) is 0 Å². The van der Waals surface area contributed by atoms with Crippen LogP contribution in [0.5, 0.6) is 5.88 Å². The summed E-state index contributed by atoms with van der Waals surface area (Å²) < 4.78 is 1.91. The number of anilines is 1. The highest BCUT2D eigenvalue weighted by molar-refractivity contribution is 7.81. The minimum Gasteiger partial charge on any atom is -0.859 e. The van der Waals surface area contributed by atoms with Crippen molar-refractivity contribution in [3.05, 3.63) is 68.5 Å². The number of thiazole rings is 1. The average Bonchev–Trinajstić information content (AvgIpc) is 2.84. The first-order chi connectivity index (χ1) is 11.1. The van der Waals surface area contributed by atoms with Gasteiger partial charge < -0.3 is 15.0 Å². The molecule has 7 heteroatoms. The third-order valence-electron chi connectivity index (χ3n) is 3.09. The summed E-state index contributed by atoms with van der Waals surface area (Å²) >= 11 is 17.8. The van der Waals surface area contributed by atoms with Gasteiger partial charge in [0, 0.05) is 16.4 Å². The van der Waals surface area contributed by atoms with Crippen molar-refractivity contribution in [3.8, 4) is 11.6 Å². The van der Waals surface area contributed by atoms with Crippen molar-refractivity contribution in [2.45, 2.75) is 0 Å². The number of benzene rings is 2. The van der Waals surface area contributed by atoms with E-state index < -0.39 is 0 Å². The maximum absolute atomic E-state index is 12.7. The summed E-state index contributed by atoms with van der Waals surface area (Å²) in [5.74, 6) is -0.226. The van der Waals surface area contributed by atoms with Gasteiger partial charge in [-0.1, -0.05) is 42.0 Å². The maximum atomic E-state index is 12.7. The Bertz CT molecular complexity index is 901. The number of hydrogen-bond donors (Lipinski definition) is 1. The van der Waals surface area contributed by atoms with Gasteiger partial charge in [0.1, 0.15) is 4.99 Å². The van der Waals surface area contributed by atoms with Gasteiger partial charge in [-0.05, 0) is 54.5 Å². The van der Waals surface area contributed by atoms with Crippen molar-refractivity contribution < 1.29 is 5.11 Å². The molecule has 0 amide bonds. The lowest BCUT2D eigenvalue weighted by Crippen LogP contribution is -2.13. The Kier molecular flexibility index (Phi) is 4.77. The smallest absolute Gasteiger partial charge is 0.165 e. The topological polar surface area (TPSA) is 40.0 Å². The fourth-order valence-corrected chi connectivity index (χ4v) is 3.70. The molecule has 0 saturated heterocycles. The Hall–Kier alpha value is -1.73. The van der Waals surface area contributed by atoms with Crippen LogP contribution in [0.4, 0.5) is 5.69 Å². The molecule has 3 nitrogen and oxygen atoms in total. The predicted molar refractivity (Wildman–Crippen MR) is 101 cm³/mol. The molecule has 3 rings (SSSR count).